The number of carbonyl (C=O) groups is 1. The maximum atomic E-state index is 12.3. The van der Waals surface area contributed by atoms with Gasteiger partial charge in [-0.2, -0.15) is 0 Å². The summed E-state index contributed by atoms with van der Waals surface area (Å²) >= 11 is 0. The average Bonchev–Trinajstić information content (AvgIpc) is 2.93. The van der Waals surface area contributed by atoms with Crippen LogP contribution >= 0.6 is 0 Å². The molecule has 0 bridgehead atoms. The quantitative estimate of drug-likeness (QED) is 0.738. The first kappa shape index (κ1) is 19.2. The zero-order chi connectivity index (χ0) is 18.9. The molecule has 1 saturated heterocycles. The Hall–Kier alpha value is -2.55. The van der Waals surface area contributed by atoms with E-state index < -0.39 is 0 Å². The van der Waals surface area contributed by atoms with Crippen LogP contribution in [0.4, 0.5) is 0 Å². The highest BCUT2D eigenvalue weighted by Gasteiger charge is 2.16. The molecule has 3 heterocycles. The molecule has 0 saturated carbocycles. The fourth-order valence-corrected chi connectivity index (χ4v) is 3.09. The van der Waals surface area contributed by atoms with Gasteiger partial charge in [0.25, 0.3) is 0 Å². The van der Waals surface area contributed by atoms with E-state index in [1.54, 1.807) is 17.1 Å². The van der Waals surface area contributed by atoms with Crippen molar-refractivity contribution in [3.63, 3.8) is 0 Å². The van der Waals surface area contributed by atoms with Gasteiger partial charge in [0.1, 0.15) is 18.4 Å². The minimum atomic E-state index is -0.163. The summed E-state index contributed by atoms with van der Waals surface area (Å²) in [7, 11) is 0. The molecule has 1 N–H and O–H groups in total. The van der Waals surface area contributed by atoms with Crippen molar-refractivity contribution >= 4 is 5.91 Å². The topological polar surface area (TPSA) is 98.1 Å². The van der Waals surface area contributed by atoms with Crippen LogP contribution < -0.4 is 10.1 Å². The van der Waals surface area contributed by atoms with Gasteiger partial charge in [-0.05, 0) is 55.4 Å². The molecule has 27 heavy (non-hydrogen) atoms. The molecule has 1 unspecified atom stereocenters. The SMILES string of the molecule is CC(CNC(=O)Cn1nnnc1CN1CCCCCC1)Oc1cccnc1. The van der Waals surface area contributed by atoms with Gasteiger partial charge in [0.2, 0.25) is 5.91 Å². The highest BCUT2D eigenvalue weighted by Crippen LogP contribution is 2.12. The standard InChI is InChI=1S/C18H27N7O2/c1-15(27-16-7-6-8-19-12-16)11-20-18(26)14-25-17(21-22-23-25)13-24-9-4-2-3-5-10-24/h6-8,12,15H,2-5,9-11,13-14H2,1H3,(H,20,26). The number of nitrogens with zero attached hydrogens (tertiary/aromatic N) is 6. The lowest BCUT2D eigenvalue weighted by Gasteiger charge is -2.19. The molecular formula is C18H27N7O2. The fraction of sp³-hybridized carbons (Fsp3) is 0.611. The summed E-state index contributed by atoms with van der Waals surface area (Å²) in [5.74, 6) is 1.27. The van der Waals surface area contributed by atoms with Gasteiger partial charge in [-0.15, -0.1) is 5.10 Å². The van der Waals surface area contributed by atoms with Crippen LogP contribution in [0.5, 0.6) is 5.75 Å². The van der Waals surface area contributed by atoms with Crippen LogP contribution in [0, 0.1) is 0 Å². The third-order valence-corrected chi connectivity index (χ3v) is 4.52. The van der Waals surface area contributed by atoms with Gasteiger partial charge < -0.3 is 10.1 Å². The fourth-order valence-electron chi connectivity index (χ4n) is 3.09. The number of nitrogens with one attached hydrogen (secondary N) is 1. The van der Waals surface area contributed by atoms with E-state index in [9.17, 15) is 4.79 Å². The lowest BCUT2D eigenvalue weighted by Crippen LogP contribution is -2.36. The van der Waals surface area contributed by atoms with Gasteiger partial charge in [0.15, 0.2) is 5.82 Å². The van der Waals surface area contributed by atoms with E-state index in [-0.39, 0.29) is 18.6 Å². The lowest BCUT2D eigenvalue weighted by atomic mass is 10.2. The summed E-state index contributed by atoms with van der Waals surface area (Å²) < 4.78 is 7.28. The van der Waals surface area contributed by atoms with Crippen LogP contribution in [0.3, 0.4) is 0 Å². The third kappa shape index (κ3) is 6.28. The van der Waals surface area contributed by atoms with Crippen LogP contribution in [0.25, 0.3) is 0 Å². The van der Waals surface area contributed by atoms with Crippen LogP contribution in [0.1, 0.15) is 38.4 Å². The number of aromatic nitrogens is 5. The van der Waals surface area contributed by atoms with E-state index in [2.05, 4.69) is 30.7 Å². The number of hydrogen-bond acceptors (Lipinski definition) is 7. The molecule has 1 fully saturated rings. The van der Waals surface area contributed by atoms with Gasteiger partial charge in [0.05, 0.1) is 19.3 Å². The minimum Gasteiger partial charge on any atom is -0.487 e. The Labute approximate surface area is 159 Å². The lowest BCUT2D eigenvalue weighted by molar-refractivity contribution is -0.122. The van der Waals surface area contributed by atoms with Crippen molar-refractivity contribution in [2.45, 2.75) is 51.8 Å². The molecule has 0 radical (unpaired) electrons. The maximum absolute atomic E-state index is 12.3. The Bertz CT molecular complexity index is 699. The zero-order valence-electron chi connectivity index (χ0n) is 15.8. The monoisotopic (exact) mass is 373 g/mol. The zero-order valence-corrected chi connectivity index (χ0v) is 15.8. The van der Waals surface area contributed by atoms with Crippen LogP contribution in [-0.4, -0.2) is 61.7 Å². The number of pyridine rings is 1. The number of carbonyl (C=O) groups excluding carboxylic acids is 1. The number of amides is 1. The number of tetrazole rings is 1. The largest absolute Gasteiger partial charge is 0.487 e. The molecule has 1 atom stereocenters. The van der Waals surface area contributed by atoms with E-state index in [4.69, 9.17) is 4.74 Å². The molecule has 2 aromatic rings. The van der Waals surface area contributed by atoms with Gasteiger partial charge in [-0.3, -0.25) is 14.7 Å². The third-order valence-electron chi connectivity index (χ3n) is 4.52. The van der Waals surface area contributed by atoms with Crippen molar-refractivity contribution in [2.75, 3.05) is 19.6 Å². The molecule has 0 spiro atoms. The Balaban J connectivity index is 1.44. The molecule has 1 aliphatic heterocycles. The first-order valence-electron chi connectivity index (χ1n) is 9.51. The summed E-state index contributed by atoms with van der Waals surface area (Å²) in [4.78, 5) is 18.6. The van der Waals surface area contributed by atoms with E-state index in [0.29, 0.717) is 18.8 Å². The van der Waals surface area contributed by atoms with Crippen molar-refractivity contribution < 1.29 is 9.53 Å². The van der Waals surface area contributed by atoms with Crippen molar-refractivity contribution in [3.05, 3.63) is 30.4 Å². The summed E-state index contributed by atoms with van der Waals surface area (Å²) in [5, 5.41) is 14.7. The van der Waals surface area contributed by atoms with Crippen molar-refractivity contribution in [3.8, 4) is 5.75 Å². The van der Waals surface area contributed by atoms with E-state index in [1.807, 2.05) is 19.1 Å². The smallest absolute Gasteiger partial charge is 0.242 e. The van der Waals surface area contributed by atoms with Gasteiger partial charge in [-0.25, -0.2) is 4.68 Å². The molecule has 0 aliphatic carbocycles. The second-order valence-corrected chi connectivity index (χ2v) is 6.86. The number of rotatable bonds is 8. The van der Waals surface area contributed by atoms with Crippen LogP contribution in [0.15, 0.2) is 24.5 Å². The van der Waals surface area contributed by atoms with Crippen LogP contribution in [-0.2, 0) is 17.9 Å². The predicted molar refractivity (Wildman–Crippen MR) is 98.9 cm³/mol. The minimum absolute atomic E-state index is 0.107. The molecule has 1 aliphatic rings. The molecule has 1 amide bonds. The van der Waals surface area contributed by atoms with Crippen molar-refractivity contribution in [1.29, 1.82) is 0 Å². The molecule has 9 nitrogen and oxygen atoms in total. The summed E-state index contributed by atoms with van der Waals surface area (Å²) in [6.07, 6.45) is 8.15. The number of ether oxygens (including phenoxy) is 1. The predicted octanol–water partition coefficient (Wildman–Crippen LogP) is 1.03. The Kier molecular flexibility index (Phi) is 7.09. The maximum Gasteiger partial charge on any atom is 0.242 e. The Morgan fingerprint density at radius 2 is 2.11 bits per heavy atom. The second kappa shape index (κ2) is 9.96. The van der Waals surface area contributed by atoms with E-state index in [0.717, 1.165) is 18.9 Å². The van der Waals surface area contributed by atoms with Crippen LogP contribution in [0.2, 0.25) is 0 Å². The Morgan fingerprint density at radius 3 is 2.85 bits per heavy atom. The van der Waals surface area contributed by atoms with Gasteiger partial charge in [-0.1, -0.05) is 12.8 Å². The van der Waals surface area contributed by atoms with Crippen molar-refractivity contribution in [2.24, 2.45) is 0 Å². The molecule has 9 heteroatoms. The molecule has 0 aromatic carbocycles. The Morgan fingerprint density at radius 1 is 1.30 bits per heavy atom. The average molecular weight is 373 g/mol. The van der Waals surface area contributed by atoms with E-state index in [1.165, 1.54) is 25.7 Å². The van der Waals surface area contributed by atoms with Gasteiger partial charge in [0, 0.05) is 6.20 Å². The highest BCUT2D eigenvalue weighted by atomic mass is 16.5. The molecular weight excluding hydrogens is 346 g/mol. The molecule has 3 rings (SSSR count). The number of hydrogen-bond donors (Lipinski definition) is 1. The first-order chi connectivity index (χ1) is 13.2. The van der Waals surface area contributed by atoms with E-state index >= 15 is 0 Å². The number of likely N-dealkylation sites (tertiary alicyclic amines) is 1. The molecule has 146 valence electrons. The summed E-state index contributed by atoms with van der Waals surface area (Å²) in [5.41, 5.74) is 0. The summed E-state index contributed by atoms with van der Waals surface area (Å²) in [6, 6.07) is 3.64. The highest BCUT2D eigenvalue weighted by molar-refractivity contribution is 5.75. The normalized spacial score (nSPS) is 16.5. The van der Waals surface area contributed by atoms with Crippen molar-refractivity contribution in [1.82, 2.24) is 35.4 Å². The molecule has 2 aromatic heterocycles. The summed E-state index contributed by atoms with van der Waals surface area (Å²) in [6.45, 7) is 5.20. The second-order valence-electron chi connectivity index (χ2n) is 6.86. The first-order valence-corrected chi connectivity index (χ1v) is 9.51. The van der Waals surface area contributed by atoms with Gasteiger partial charge >= 0.3 is 0 Å².